The van der Waals surface area contributed by atoms with Gasteiger partial charge in [-0.25, -0.2) is 8.42 Å². The van der Waals surface area contributed by atoms with Crippen LogP contribution < -0.4 is 4.90 Å². The number of aryl methyl sites for hydroxylation is 1. The Balaban J connectivity index is 1.79. The molecule has 128 valence electrons. The van der Waals surface area contributed by atoms with Crippen LogP contribution in [-0.2, 0) is 10.0 Å². The molecular weight excluding hydrogens is 367 g/mol. The van der Waals surface area contributed by atoms with E-state index in [0.29, 0.717) is 36.8 Å². The van der Waals surface area contributed by atoms with Crippen molar-refractivity contribution in [2.75, 3.05) is 31.1 Å². The summed E-state index contributed by atoms with van der Waals surface area (Å²) in [5, 5.41) is 0.629. The van der Waals surface area contributed by atoms with Crippen molar-refractivity contribution in [1.82, 2.24) is 4.31 Å². The van der Waals surface area contributed by atoms with Gasteiger partial charge < -0.3 is 4.90 Å². The Kier molecular flexibility index (Phi) is 5.06. The Hall–Kier alpha value is -1.27. The lowest BCUT2D eigenvalue weighted by Gasteiger charge is -2.35. The minimum absolute atomic E-state index is 0.124. The Morgan fingerprint density at radius 1 is 0.917 bits per heavy atom. The number of nitrogens with zero attached hydrogens (tertiary/aromatic N) is 2. The minimum Gasteiger partial charge on any atom is -0.369 e. The molecule has 1 aliphatic heterocycles. The SMILES string of the molecule is Cc1cc(S(=O)(=O)N2CCN(c3ccccc3)CC2)c(Cl)cc1Cl. The van der Waals surface area contributed by atoms with Crippen LogP contribution in [0.2, 0.25) is 10.0 Å². The van der Waals surface area contributed by atoms with Crippen LogP contribution in [0.25, 0.3) is 0 Å². The van der Waals surface area contributed by atoms with Crippen molar-refractivity contribution in [3.05, 3.63) is 58.1 Å². The van der Waals surface area contributed by atoms with Crippen molar-refractivity contribution in [3.8, 4) is 0 Å². The van der Waals surface area contributed by atoms with Crippen LogP contribution in [0.3, 0.4) is 0 Å². The second-order valence-electron chi connectivity index (χ2n) is 5.76. The zero-order valence-electron chi connectivity index (χ0n) is 13.2. The maximum absolute atomic E-state index is 12.9. The minimum atomic E-state index is -3.62. The fourth-order valence-electron chi connectivity index (χ4n) is 2.79. The van der Waals surface area contributed by atoms with E-state index >= 15 is 0 Å². The summed E-state index contributed by atoms with van der Waals surface area (Å²) in [5.74, 6) is 0. The molecule has 0 saturated carbocycles. The molecule has 0 atom stereocenters. The first kappa shape index (κ1) is 17.5. The molecule has 0 aliphatic carbocycles. The number of sulfonamides is 1. The van der Waals surface area contributed by atoms with Crippen molar-refractivity contribution in [3.63, 3.8) is 0 Å². The van der Waals surface area contributed by atoms with Crippen molar-refractivity contribution >= 4 is 38.9 Å². The normalized spacial score (nSPS) is 16.4. The Labute approximate surface area is 152 Å². The first-order valence-electron chi connectivity index (χ1n) is 7.65. The Morgan fingerprint density at radius 3 is 2.17 bits per heavy atom. The maximum atomic E-state index is 12.9. The number of rotatable bonds is 3. The fraction of sp³-hybridized carbons (Fsp3) is 0.294. The molecule has 0 radical (unpaired) electrons. The zero-order valence-corrected chi connectivity index (χ0v) is 15.6. The highest BCUT2D eigenvalue weighted by Gasteiger charge is 2.30. The van der Waals surface area contributed by atoms with Gasteiger partial charge in [0.2, 0.25) is 10.0 Å². The van der Waals surface area contributed by atoms with E-state index in [9.17, 15) is 8.42 Å². The smallest absolute Gasteiger partial charge is 0.244 e. The van der Waals surface area contributed by atoms with Crippen LogP contribution in [-0.4, -0.2) is 38.9 Å². The third-order valence-corrected chi connectivity index (χ3v) is 6.96. The van der Waals surface area contributed by atoms with Crippen LogP contribution in [0, 0.1) is 6.92 Å². The summed E-state index contributed by atoms with van der Waals surface area (Å²) in [6.45, 7) is 3.91. The number of hydrogen-bond acceptors (Lipinski definition) is 3. The van der Waals surface area contributed by atoms with Crippen LogP contribution in [0.4, 0.5) is 5.69 Å². The highest BCUT2D eigenvalue weighted by molar-refractivity contribution is 7.89. The van der Waals surface area contributed by atoms with E-state index in [1.165, 1.54) is 10.4 Å². The van der Waals surface area contributed by atoms with Crippen LogP contribution in [0.15, 0.2) is 47.4 Å². The standard InChI is InChI=1S/C17H18Cl2N2O2S/c1-13-11-17(16(19)12-15(13)18)24(22,23)21-9-7-20(8-10-21)14-5-3-2-4-6-14/h2-6,11-12H,7-10H2,1H3. The molecule has 2 aromatic rings. The average Bonchev–Trinajstić information content (AvgIpc) is 2.59. The predicted molar refractivity (Wildman–Crippen MR) is 98.6 cm³/mol. The van der Waals surface area contributed by atoms with Gasteiger partial charge in [0.25, 0.3) is 0 Å². The van der Waals surface area contributed by atoms with Crippen LogP contribution >= 0.6 is 23.2 Å². The molecule has 1 fully saturated rings. The van der Waals surface area contributed by atoms with E-state index in [-0.39, 0.29) is 9.92 Å². The summed E-state index contributed by atoms with van der Waals surface area (Å²) in [6.07, 6.45) is 0. The second-order valence-corrected chi connectivity index (χ2v) is 8.48. The molecule has 3 rings (SSSR count). The summed E-state index contributed by atoms with van der Waals surface area (Å²) in [6, 6.07) is 13.0. The second kappa shape index (κ2) is 6.92. The lowest BCUT2D eigenvalue weighted by Crippen LogP contribution is -2.48. The third-order valence-electron chi connectivity index (χ3n) is 4.19. The summed E-state index contributed by atoms with van der Waals surface area (Å²) >= 11 is 12.1. The molecule has 0 N–H and O–H groups in total. The maximum Gasteiger partial charge on any atom is 0.244 e. The number of para-hydroxylation sites is 1. The summed E-state index contributed by atoms with van der Waals surface area (Å²) in [7, 11) is -3.62. The van der Waals surface area contributed by atoms with Gasteiger partial charge in [0.05, 0.1) is 5.02 Å². The Morgan fingerprint density at radius 2 is 1.54 bits per heavy atom. The van der Waals surface area contributed by atoms with Crippen molar-refractivity contribution < 1.29 is 8.42 Å². The molecule has 2 aromatic carbocycles. The first-order valence-corrected chi connectivity index (χ1v) is 9.85. The highest BCUT2D eigenvalue weighted by atomic mass is 35.5. The van der Waals surface area contributed by atoms with Gasteiger partial charge in [0.15, 0.2) is 0 Å². The lowest BCUT2D eigenvalue weighted by atomic mass is 10.2. The van der Waals surface area contributed by atoms with Gasteiger partial charge in [-0.15, -0.1) is 0 Å². The van der Waals surface area contributed by atoms with E-state index in [0.717, 1.165) is 5.69 Å². The van der Waals surface area contributed by atoms with Gasteiger partial charge in [-0.2, -0.15) is 4.31 Å². The van der Waals surface area contributed by atoms with Crippen molar-refractivity contribution in [2.24, 2.45) is 0 Å². The molecule has 24 heavy (non-hydrogen) atoms. The molecule has 1 saturated heterocycles. The lowest BCUT2D eigenvalue weighted by molar-refractivity contribution is 0.385. The summed E-state index contributed by atoms with van der Waals surface area (Å²) in [4.78, 5) is 2.31. The summed E-state index contributed by atoms with van der Waals surface area (Å²) in [5.41, 5.74) is 1.80. The molecule has 1 heterocycles. The van der Waals surface area contributed by atoms with Gasteiger partial charge >= 0.3 is 0 Å². The highest BCUT2D eigenvalue weighted by Crippen LogP contribution is 2.31. The first-order chi connectivity index (χ1) is 11.4. The van der Waals surface area contributed by atoms with Crippen molar-refractivity contribution in [2.45, 2.75) is 11.8 Å². The van der Waals surface area contributed by atoms with Gasteiger partial charge in [-0.05, 0) is 36.8 Å². The van der Waals surface area contributed by atoms with Gasteiger partial charge in [0.1, 0.15) is 4.90 Å². The molecule has 0 amide bonds. The number of halogens is 2. The number of hydrogen-bond donors (Lipinski definition) is 0. The number of anilines is 1. The largest absolute Gasteiger partial charge is 0.369 e. The van der Waals surface area contributed by atoms with E-state index in [1.807, 2.05) is 30.3 Å². The van der Waals surface area contributed by atoms with E-state index < -0.39 is 10.0 Å². The molecule has 0 unspecified atom stereocenters. The Bertz CT molecular complexity index is 833. The van der Waals surface area contributed by atoms with Gasteiger partial charge in [0, 0.05) is 36.9 Å². The van der Waals surface area contributed by atoms with Gasteiger partial charge in [-0.1, -0.05) is 41.4 Å². The molecule has 0 spiro atoms. The van der Waals surface area contributed by atoms with E-state index in [2.05, 4.69) is 4.90 Å². The fourth-order valence-corrected chi connectivity index (χ4v) is 5.02. The van der Waals surface area contributed by atoms with Crippen molar-refractivity contribution in [1.29, 1.82) is 0 Å². The van der Waals surface area contributed by atoms with Gasteiger partial charge in [-0.3, -0.25) is 0 Å². The molecule has 0 bridgehead atoms. The number of piperazine rings is 1. The van der Waals surface area contributed by atoms with E-state index in [1.54, 1.807) is 13.0 Å². The molecule has 4 nitrogen and oxygen atoms in total. The molecule has 7 heteroatoms. The molecular formula is C17H18Cl2N2O2S. The van der Waals surface area contributed by atoms with E-state index in [4.69, 9.17) is 23.2 Å². The summed E-state index contributed by atoms with van der Waals surface area (Å²) < 4.78 is 27.3. The molecule has 1 aliphatic rings. The predicted octanol–water partition coefficient (Wildman–Crippen LogP) is 3.81. The topological polar surface area (TPSA) is 40.6 Å². The van der Waals surface area contributed by atoms with Crippen LogP contribution in [0.5, 0.6) is 0 Å². The monoisotopic (exact) mass is 384 g/mol. The quantitative estimate of drug-likeness (QED) is 0.807. The third kappa shape index (κ3) is 3.40. The molecule has 0 aromatic heterocycles. The van der Waals surface area contributed by atoms with Crippen LogP contribution in [0.1, 0.15) is 5.56 Å². The number of benzene rings is 2. The zero-order chi connectivity index (χ0) is 17.3. The average molecular weight is 385 g/mol.